The van der Waals surface area contributed by atoms with Crippen LogP contribution in [0.25, 0.3) is 0 Å². The normalized spacial score (nSPS) is 13.2. The van der Waals surface area contributed by atoms with E-state index >= 15 is 0 Å². The lowest BCUT2D eigenvalue weighted by molar-refractivity contribution is -0.125. The number of ketones is 1. The first-order valence-corrected chi connectivity index (χ1v) is 6.69. The molecule has 0 saturated heterocycles. The van der Waals surface area contributed by atoms with Crippen LogP contribution in [0.5, 0.6) is 5.75 Å². The molecule has 0 spiro atoms. The van der Waals surface area contributed by atoms with Crippen LogP contribution in [0.15, 0.2) is 24.3 Å². The van der Waals surface area contributed by atoms with Crippen LogP contribution in [0.1, 0.15) is 33.3 Å². The van der Waals surface area contributed by atoms with Crippen molar-refractivity contribution in [3.05, 3.63) is 29.8 Å². The maximum absolute atomic E-state index is 12.1. The molecular formula is C15H21ClO2. The number of hydrogen-bond acceptors (Lipinski definition) is 2. The van der Waals surface area contributed by atoms with Gasteiger partial charge in [0.25, 0.3) is 0 Å². The summed E-state index contributed by atoms with van der Waals surface area (Å²) in [6.07, 6.45) is 0.508. The van der Waals surface area contributed by atoms with E-state index in [4.69, 9.17) is 16.3 Å². The lowest BCUT2D eigenvalue weighted by atomic mass is 9.87. The van der Waals surface area contributed by atoms with E-state index in [2.05, 4.69) is 0 Å². The van der Waals surface area contributed by atoms with E-state index < -0.39 is 10.8 Å². The molecule has 0 radical (unpaired) electrons. The van der Waals surface area contributed by atoms with Gasteiger partial charge in [-0.1, -0.05) is 39.0 Å². The summed E-state index contributed by atoms with van der Waals surface area (Å²) >= 11 is 6.22. The second kappa shape index (κ2) is 6.24. The number of rotatable bonds is 5. The standard InChI is InChI=1S/C15H21ClO2/c1-5-18-13-9-7-6-8-11(13)10-12(16)14(17)15(2,3)4/h6-9,12H,5,10H2,1-4H3. The molecule has 0 aliphatic heterocycles. The zero-order valence-corrected chi connectivity index (χ0v) is 12.3. The predicted octanol–water partition coefficient (Wildman–Crippen LogP) is 3.85. The number of Topliss-reactive ketones (excluding diaryl/α,β-unsaturated/α-hetero) is 1. The number of alkyl halides is 1. The molecule has 0 amide bonds. The minimum Gasteiger partial charge on any atom is -0.494 e. The van der Waals surface area contributed by atoms with Gasteiger partial charge in [-0.15, -0.1) is 11.6 Å². The van der Waals surface area contributed by atoms with Crippen molar-refractivity contribution in [1.29, 1.82) is 0 Å². The SMILES string of the molecule is CCOc1ccccc1CC(Cl)C(=O)C(C)(C)C. The molecule has 100 valence electrons. The summed E-state index contributed by atoms with van der Waals surface area (Å²) in [4.78, 5) is 12.1. The first-order valence-electron chi connectivity index (χ1n) is 6.25. The Hall–Kier alpha value is -1.02. The van der Waals surface area contributed by atoms with Crippen molar-refractivity contribution in [2.75, 3.05) is 6.61 Å². The van der Waals surface area contributed by atoms with Crippen LogP contribution in [0, 0.1) is 5.41 Å². The average molecular weight is 269 g/mol. The van der Waals surface area contributed by atoms with Gasteiger partial charge in [0.1, 0.15) is 5.75 Å². The lowest BCUT2D eigenvalue weighted by Crippen LogP contribution is -2.30. The summed E-state index contributed by atoms with van der Waals surface area (Å²) in [6.45, 7) is 8.21. The van der Waals surface area contributed by atoms with Gasteiger partial charge in [0.15, 0.2) is 5.78 Å². The topological polar surface area (TPSA) is 26.3 Å². The van der Waals surface area contributed by atoms with Crippen LogP contribution in [0.3, 0.4) is 0 Å². The number of hydrogen-bond donors (Lipinski definition) is 0. The van der Waals surface area contributed by atoms with Crippen LogP contribution in [0.4, 0.5) is 0 Å². The van der Waals surface area contributed by atoms with E-state index in [9.17, 15) is 4.79 Å². The van der Waals surface area contributed by atoms with E-state index in [1.807, 2.05) is 52.0 Å². The zero-order chi connectivity index (χ0) is 13.8. The van der Waals surface area contributed by atoms with Crippen molar-refractivity contribution in [2.24, 2.45) is 5.41 Å². The number of carbonyl (C=O) groups excluding carboxylic acids is 1. The highest BCUT2D eigenvalue weighted by atomic mass is 35.5. The molecule has 2 nitrogen and oxygen atoms in total. The molecule has 0 heterocycles. The Balaban J connectivity index is 2.81. The van der Waals surface area contributed by atoms with Gasteiger partial charge in [-0.05, 0) is 25.0 Å². The molecule has 0 aliphatic rings. The predicted molar refractivity (Wildman–Crippen MR) is 75.4 cm³/mol. The lowest BCUT2D eigenvalue weighted by Gasteiger charge is -2.21. The summed E-state index contributed by atoms with van der Waals surface area (Å²) in [5.41, 5.74) is 0.574. The molecule has 1 unspecified atom stereocenters. The fraction of sp³-hybridized carbons (Fsp3) is 0.533. The monoisotopic (exact) mass is 268 g/mol. The molecule has 1 aromatic carbocycles. The van der Waals surface area contributed by atoms with Gasteiger partial charge in [0, 0.05) is 5.41 Å². The van der Waals surface area contributed by atoms with Gasteiger partial charge in [-0.25, -0.2) is 0 Å². The summed E-state index contributed by atoms with van der Waals surface area (Å²) < 4.78 is 5.53. The molecule has 0 saturated carbocycles. The smallest absolute Gasteiger partial charge is 0.156 e. The van der Waals surface area contributed by atoms with Crippen molar-refractivity contribution >= 4 is 17.4 Å². The number of para-hydroxylation sites is 1. The van der Waals surface area contributed by atoms with Gasteiger partial charge >= 0.3 is 0 Å². The van der Waals surface area contributed by atoms with Crippen molar-refractivity contribution in [3.8, 4) is 5.75 Å². The van der Waals surface area contributed by atoms with Crippen molar-refractivity contribution in [3.63, 3.8) is 0 Å². The van der Waals surface area contributed by atoms with Crippen LogP contribution in [-0.2, 0) is 11.2 Å². The average Bonchev–Trinajstić information content (AvgIpc) is 2.29. The molecule has 1 rings (SSSR count). The number of halogens is 1. The Morgan fingerprint density at radius 3 is 2.50 bits per heavy atom. The number of carbonyl (C=O) groups is 1. The van der Waals surface area contributed by atoms with Gasteiger partial charge < -0.3 is 4.74 Å². The van der Waals surface area contributed by atoms with E-state index in [1.165, 1.54) is 0 Å². The maximum atomic E-state index is 12.1. The Morgan fingerprint density at radius 1 is 1.33 bits per heavy atom. The van der Waals surface area contributed by atoms with Crippen LogP contribution in [-0.4, -0.2) is 17.8 Å². The van der Waals surface area contributed by atoms with E-state index in [-0.39, 0.29) is 5.78 Å². The molecule has 0 fully saturated rings. The third-order valence-corrected chi connectivity index (χ3v) is 3.05. The molecule has 18 heavy (non-hydrogen) atoms. The molecule has 0 aromatic heterocycles. The van der Waals surface area contributed by atoms with Gasteiger partial charge in [0.05, 0.1) is 12.0 Å². The quantitative estimate of drug-likeness (QED) is 0.758. The summed E-state index contributed by atoms with van der Waals surface area (Å²) in [5.74, 6) is 0.878. The Kier molecular flexibility index (Phi) is 5.21. The van der Waals surface area contributed by atoms with Crippen molar-refractivity contribution in [1.82, 2.24) is 0 Å². The van der Waals surface area contributed by atoms with Crippen molar-refractivity contribution < 1.29 is 9.53 Å². The molecule has 0 bridgehead atoms. The zero-order valence-electron chi connectivity index (χ0n) is 11.5. The Bertz CT molecular complexity index is 407. The van der Waals surface area contributed by atoms with Gasteiger partial charge in [-0.3, -0.25) is 4.79 Å². The van der Waals surface area contributed by atoms with Gasteiger partial charge in [0.2, 0.25) is 0 Å². The van der Waals surface area contributed by atoms with Crippen LogP contribution in [0.2, 0.25) is 0 Å². The highest BCUT2D eigenvalue weighted by molar-refractivity contribution is 6.31. The highest BCUT2D eigenvalue weighted by Crippen LogP contribution is 2.26. The minimum absolute atomic E-state index is 0.0652. The van der Waals surface area contributed by atoms with E-state index in [1.54, 1.807) is 0 Å². The molecule has 0 N–H and O–H groups in total. The molecule has 3 heteroatoms. The largest absolute Gasteiger partial charge is 0.494 e. The number of ether oxygens (including phenoxy) is 1. The Morgan fingerprint density at radius 2 is 1.94 bits per heavy atom. The maximum Gasteiger partial charge on any atom is 0.156 e. The van der Waals surface area contributed by atoms with Crippen LogP contribution >= 0.6 is 11.6 Å². The molecular weight excluding hydrogens is 248 g/mol. The fourth-order valence-corrected chi connectivity index (χ4v) is 2.22. The second-order valence-electron chi connectivity index (χ2n) is 5.33. The molecule has 1 aromatic rings. The summed E-state index contributed by atoms with van der Waals surface area (Å²) in [5, 5.41) is -0.508. The summed E-state index contributed by atoms with van der Waals surface area (Å²) in [7, 11) is 0. The first-order chi connectivity index (χ1) is 8.36. The minimum atomic E-state index is -0.508. The summed E-state index contributed by atoms with van der Waals surface area (Å²) in [6, 6.07) is 7.71. The Labute approximate surface area is 114 Å². The van der Waals surface area contributed by atoms with E-state index in [0.717, 1.165) is 11.3 Å². The third-order valence-electron chi connectivity index (χ3n) is 2.70. The van der Waals surface area contributed by atoms with Crippen LogP contribution < -0.4 is 4.74 Å². The first kappa shape index (κ1) is 15.0. The van der Waals surface area contributed by atoms with Gasteiger partial charge in [-0.2, -0.15) is 0 Å². The molecule has 1 atom stereocenters. The molecule has 0 aliphatic carbocycles. The van der Waals surface area contributed by atoms with Crippen molar-refractivity contribution in [2.45, 2.75) is 39.5 Å². The third kappa shape index (κ3) is 4.02. The fourth-order valence-electron chi connectivity index (χ4n) is 1.72. The second-order valence-corrected chi connectivity index (χ2v) is 5.85. The highest BCUT2D eigenvalue weighted by Gasteiger charge is 2.28. The number of benzene rings is 1. The van der Waals surface area contributed by atoms with E-state index in [0.29, 0.717) is 13.0 Å².